The van der Waals surface area contributed by atoms with Crippen LogP contribution in [0.5, 0.6) is 0 Å². The van der Waals surface area contributed by atoms with Gasteiger partial charge in [0.15, 0.2) is 0 Å². The molecule has 2 unspecified atom stereocenters. The highest BCUT2D eigenvalue weighted by molar-refractivity contribution is 5.69. The maximum atomic E-state index is 5.92. The fourth-order valence-corrected chi connectivity index (χ4v) is 10.6. The van der Waals surface area contributed by atoms with Gasteiger partial charge in [0, 0.05) is 69.9 Å². The molecule has 3 saturated carbocycles. The monoisotopic (exact) mass is 868 g/mol. The number of imidazole rings is 1. The molecule has 1 aliphatic heterocycles. The summed E-state index contributed by atoms with van der Waals surface area (Å²) in [4.78, 5) is 12.7. The van der Waals surface area contributed by atoms with Crippen LogP contribution >= 0.6 is 0 Å². The standard InChI is InChI=1S/C22H26N2.C18H35NO.C15H30N2.C2H6/c1-15(2)17-6-8-18(9-7-17)19-10-12-20(13-11-19)21-14-23-22(16(3)4)24(21)5;1-13(2)19(12-16-8-6-15(5)7-9-16)17-10-18(11-17)20-14(3)4;1-12(2)14-5-6-15(11-14)17-9-7-16(8-10-17)13(3)4;1-2/h6-16H,1-5H3;13-18H,6-12H2,1-5H3;12-15H,5-11H2,1-4H3;1-2H3. The fourth-order valence-electron chi connectivity index (χ4n) is 10.6. The SMILES string of the molecule is CC.CC(C)C1CCC(N2CCN(C(C)C)CC2)C1.CC(C)c1ccc(-c2ccc(-c3cnc(C(C)C)n3C)cc2)cc1.CC1CCC(CN(C(C)C)C2CC(OC(C)C)C2)CC1. The summed E-state index contributed by atoms with van der Waals surface area (Å²) in [6.45, 7) is 40.1. The van der Waals surface area contributed by atoms with E-state index in [2.05, 4.69) is 170 Å². The van der Waals surface area contributed by atoms with Crippen molar-refractivity contribution in [1.29, 1.82) is 0 Å². The van der Waals surface area contributed by atoms with Gasteiger partial charge in [0.1, 0.15) is 5.82 Å². The van der Waals surface area contributed by atoms with Gasteiger partial charge in [-0.15, -0.1) is 0 Å². The van der Waals surface area contributed by atoms with Gasteiger partial charge in [0.2, 0.25) is 0 Å². The lowest BCUT2D eigenvalue weighted by atomic mass is 9.81. The zero-order chi connectivity index (χ0) is 46.4. The Morgan fingerprint density at radius 1 is 0.667 bits per heavy atom. The average molecular weight is 868 g/mol. The van der Waals surface area contributed by atoms with Crippen LogP contribution in [-0.2, 0) is 11.8 Å². The first kappa shape index (κ1) is 53.1. The van der Waals surface area contributed by atoms with Crippen molar-refractivity contribution in [2.45, 2.75) is 210 Å². The van der Waals surface area contributed by atoms with E-state index in [1.807, 2.05) is 20.0 Å². The lowest BCUT2D eigenvalue weighted by Gasteiger charge is -2.47. The van der Waals surface area contributed by atoms with Gasteiger partial charge in [0.05, 0.1) is 24.1 Å². The Morgan fingerprint density at radius 3 is 1.68 bits per heavy atom. The topological polar surface area (TPSA) is 36.8 Å². The predicted molar refractivity (Wildman–Crippen MR) is 274 cm³/mol. The number of aromatic nitrogens is 2. The van der Waals surface area contributed by atoms with Crippen molar-refractivity contribution in [1.82, 2.24) is 24.3 Å². The van der Waals surface area contributed by atoms with E-state index in [1.54, 1.807) is 0 Å². The number of ether oxygens (including phenoxy) is 1. The number of hydrogen-bond acceptors (Lipinski definition) is 5. The van der Waals surface area contributed by atoms with Crippen molar-refractivity contribution in [3.63, 3.8) is 0 Å². The summed E-state index contributed by atoms with van der Waals surface area (Å²) in [7, 11) is 2.09. The van der Waals surface area contributed by atoms with Gasteiger partial charge >= 0.3 is 0 Å². The van der Waals surface area contributed by atoms with Crippen LogP contribution in [0.25, 0.3) is 22.4 Å². The maximum absolute atomic E-state index is 5.92. The zero-order valence-corrected chi connectivity index (χ0v) is 43.7. The predicted octanol–water partition coefficient (Wildman–Crippen LogP) is 14.3. The molecule has 4 aliphatic rings. The third kappa shape index (κ3) is 15.8. The third-order valence-electron chi connectivity index (χ3n) is 14.9. The molecule has 4 fully saturated rings. The quantitative estimate of drug-likeness (QED) is 0.171. The highest BCUT2D eigenvalue weighted by atomic mass is 16.5. The normalized spacial score (nSPS) is 24.4. The molecule has 0 bridgehead atoms. The van der Waals surface area contributed by atoms with Crippen LogP contribution in [0.1, 0.15) is 185 Å². The first-order chi connectivity index (χ1) is 30.0. The minimum absolute atomic E-state index is 0.383. The second-order valence-electron chi connectivity index (χ2n) is 21.6. The minimum atomic E-state index is 0.383. The van der Waals surface area contributed by atoms with E-state index in [1.165, 1.54) is 118 Å². The fraction of sp³-hybridized carbons (Fsp3) is 0.737. The summed E-state index contributed by atoms with van der Waals surface area (Å²) >= 11 is 0. The molecular formula is C57H97N5O. The number of rotatable bonds is 13. The number of hydrogen-bond donors (Lipinski definition) is 0. The second kappa shape index (κ2) is 26.0. The van der Waals surface area contributed by atoms with Crippen molar-refractivity contribution in [3.8, 4) is 22.4 Å². The summed E-state index contributed by atoms with van der Waals surface area (Å²) in [5.74, 6) is 5.91. The van der Waals surface area contributed by atoms with E-state index in [9.17, 15) is 0 Å². The Balaban J connectivity index is 0.000000206. The molecule has 1 saturated heterocycles. The molecule has 0 N–H and O–H groups in total. The van der Waals surface area contributed by atoms with Gasteiger partial charge in [0.25, 0.3) is 0 Å². The van der Waals surface area contributed by atoms with Crippen LogP contribution in [0.4, 0.5) is 0 Å². The molecule has 0 spiro atoms. The first-order valence-corrected chi connectivity index (χ1v) is 26.1. The maximum Gasteiger partial charge on any atom is 0.111 e. The Hall–Kier alpha value is -2.51. The third-order valence-corrected chi connectivity index (χ3v) is 14.9. The minimum Gasteiger partial charge on any atom is -0.375 e. The lowest BCUT2D eigenvalue weighted by molar-refractivity contribution is -0.0857. The zero-order valence-electron chi connectivity index (χ0n) is 43.7. The molecular weight excluding hydrogens is 771 g/mol. The van der Waals surface area contributed by atoms with E-state index < -0.39 is 0 Å². The molecule has 63 heavy (non-hydrogen) atoms. The van der Waals surface area contributed by atoms with Crippen molar-refractivity contribution < 1.29 is 4.74 Å². The summed E-state index contributed by atoms with van der Waals surface area (Å²) in [5.41, 5.74) is 6.27. The van der Waals surface area contributed by atoms with E-state index in [0.717, 1.165) is 47.6 Å². The molecule has 0 amide bonds. The molecule has 3 aliphatic carbocycles. The summed E-state index contributed by atoms with van der Waals surface area (Å²) in [6, 6.07) is 20.7. The van der Waals surface area contributed by atoms with Crippen molar-refractivity contribution in [2.75, 3.05) is 32.7 Å². The van der Waals surface area contributed by atoms with Crippen LogP contribution < -0.4 is 0 Å². The summed E-state index contributed by atoms with van der Waals surface area (Å²) in [6.07, 6.45) is 15.5. The molecule has 7 rings (SSSR count). The molecule has 1 aromatic heterocycles. The van der Waals surface area contributed by atoms with Crippen LogP contribution in [0.3, 0.4) is 0 Å². The lowest BCUT2D eigenvalue weighted by Crippen LogP contribution is -2.52. The number of nitrogens with zero attached hydrogens (tertiary/aromatic N) is 5. The first-order valence-electron chi connectivity index (χ1n) is 26.1. The van der Waals surface area contributed by atoms with Crippen molar-refractivity contribution >= 4 is 0 Å². The van der Waals surface area contributed by atoms with Gasteiger partial charge in [-0.1, -0.05) is 124 Å². The molecule has 356 valence electrons. The molecule has 6 heteroatoms. The molecule has 0 radical (unpaired) electrons. The molecule has 3 aromatic rings. The van der Waals surface area contributed by atoms with Gasteiger partial charge in [-0.05, 0) is 138 Å². The van der Waals surface area contributed by atoms with Gasteiger partial charge < -0.3 is 9.30 Å². The average Bonchev–Trinajstić information content (AvgIpc) is 3.91. The smallest absolute Gasteiger partial charge is 0.111 e. The van der Waals surface area contributed by atoms with Crippen LogP contribution in [0.2, 0.25) is 0 Å². The number of piperazine rings is 1. The Kier molecular flexibility index (Phi) is 21.9. The highest BCUT2D eigenvalue weighted by Gasteiger charge is 2.37. The van der Waals surface area contributed by atoms with Crippen LogP contribution in [0, 0.1) is 23.7 Å². The summed E-state index contributed by atoms with van der Waals surface area (Å²) < 4.78 is 8.12. The van der Waals surface area contributed by atoms with E-state index in [0.29, 0.717) is 30.1 Å². The van der Waals surface area contributed by atoms with Crippen molar-refractivity contribution in [2.24, 2.45) is 30.7 Å². The Morgan fingerprint density at radius 2 is 1.22 bits per heavy atom. The largest absolute Gasteiger partial charge is 0.375 e. The van der Waals surface area contributed by atoms with Crippen molar-refractivity contribution in [3.05, 3.63) is 66.1 Å². The molecule has 2 heterocycles. The second-order valence-corrected chi connectivity index (χ2v) is 21.6. The highest BCUT2D eigenvalue weighted by Crippen LogP contribution is 2.36. The Labute approximate surface area is 389 Å². The van der Waals surface area contributed by atoms with E-state index in [-0.39, 0.29) is 0 Å². The van der Waals surface area contributed by atoms with Gasteiger partial charge in [-0.25, -0.2) is 4.98 Å². The Bertz CT molecular complexity index is 1670. The molecule has 6 nitrogen and oxygen atoms in total. The van der Waals surface area contributed by atoms with Gasteiger partial charge in [-0.2, -0.15) is 0 Å². The van der Waals surface area contributed by atoms with Crippen LogP contribution in [-0.4, -0.2) is 93.3 Å². The van der Waals surface area contributed by atoms with Crippen LogP contribution in [0.15, 0.2) is 54.7 Å². The summed E-state index contributed by atoms with van der Waals surface area (Å²) in [5, 5.41) is 0. The van der Waals surface area contributed by atoms with E-state index in [4.69, 9.17) is 4.74 Å². The van der Waals surface area contributed by atoms with Gasteiger partial charge in [-0.3, -0.25) is 14.7 Å². The van der Waals surface area contributed by atoms with E-state index >= 15 is 0 Å². The number of benzene rings is 2. The molecule has 2 aromatic carbocycles. The molecule has 2 atom stereocenters.